The van der Waals surface area contributed by atoms with Crippen LogP contribution in [0.1, 0.15) is 0 Å². The lowest BCUT2D eigenvalue weighted by Crippen LogP contribution is -2.37. The van der Waals surface area contributed by atoms with Crippen LogP contribution in [0.5, 0.6) is 5.75 Å². The quantitative estimate of drug-likeness (QED) is 0.769. The molecule has 1 aliphatic rings. The summed E-state index contributed by atoms with van der Waals surface area (Å²) in [4.78, 5) is 6.42. The largest absolute Gasteiger partial charge is 0.491 e. The van der Waals surface area contributed by atoms with Crippen LogP contribution in [0.15, 0.2) is 12.3 Å². The zero-order valence-electron chi connectivity index (χ0n) is 8.77. The van der Waals surface area contributed by atoms with E-state index in [9.17, 15) is 0 Å². The molecule has 5 nitrogen and oxygen atoms in total. The van der Waals surface area contributed by atoms with Gasteiger partial charge < -0.3 is 20.1 Å². The van der Waals surface area contributed by atoms with Crippen LogP contribution in [0.2, 0.25) is 0 Å². The van der Waals surface area contributed by atoms with Crippen molar-refractivity contribution in [2.75, 3.05) is 44.0 Å². The lowest BCUT2D eigenvalue weighted by atomic mass is 10.3. The number of ether oxygens (including phenoxy) is 2. The number of pyridine rings is 1. The van der Waals surface area contributed by atoms with Gasteiger partial charge in [0.1, 0.15) is 0 Å². The van der Waals surface area contributed by atoms with Gasteiger partial charge >= 0.3 is 0 Å². The first-order chi connectivity index (χ1) is 7.33. The summed E-state index contributed by atoms with van der Waals surface area (Å²) in [6.07, 6.45) is 1.70. The minimum atomic E-state index is 0.619. The van der Waals surface area contributed by atoms with Crippen LogP contribution in [-0.4, -0.2) is 38.4 Å². The fourth-order valence-electron chi connectivity index (χ4n) is 1.66. The van der Waals surface area contributed by atoms with Gasteiger partial charge in [-0.1, -0.05) is 0 Å². The molecule has 1 aromatic rings. The highest BCUT2D eigenvalue weighted by molar-refractivity contribution is 5.66. The van der Waals surface area contributed by atoms with E-state index in [0.717, 1.165) is 32.1 Å². The van der Waals surface area contributed by atoms with Gasteiger partial charge in [-0.05, 0) is 6.07 Å². The Morgan fingerprint density at radius 1 is 1.47 bits per heavy atom. The van der Waals surface area contributed by atoms with Crippen LogP contribution in [0, 0.1) is 0 Å². The minimum Gasteiger partial charge on any atom is -0.491 e. The van der Waals surface area contributed by atoms with E-state index < -0.39 is 0 Å². The molecular formula is C10H15N3O2. The Balaban J connectivity index is 2.29. The van der Waals surface area contributed by atoms with E-state index in [2.05, 4.69) is 9.88 Å². The predicted molar refractivity (Wildman–Crippen MR) is 58.2 cm³/mol. The zero-order valence-corrected chi connectivity index (χ0v) is 8.77. The smallest absolute Gasteiger partial charge is 0.184 e. The number of methoxy groups -OCH3 is 1. The molecule has 1 fully saturated rings. The molecule has 1 aromatic heterocycles. The molecule has 0 bridgehead atoms. The summed E-state index contributed by atoms with van der Waals surface area (Å²) in [6.45, 7) is 3.10. The SMILES string of the molecule is COc1c(N)ccnc1N1CCOCC1. The maximum absolute atomic E-state index is 5.82. The molecule has 0 saturated carbocycles. The van der Waals surface area contributed by atoms with E-state index in [0.29, 0.717) is 11.4 Å². The van der Waals surface area contributed by atoms with E-state index in [1.807, 2.05) is 0 Å². The number of morpholine rings is 1. The Bertz CT molecular complexity index is 337. The molecule has 1 saturated heterocycles. The first-order valence-electron chi connectivity index (χ1n) is 4.94. The van der Waals surface area contributed by atoms with Crippen LogP contribution in [0.4, 0.5) is 11.5 Å². The van der Waals surface area contributed by atoms with Gasteiger partial charge in [0.25, 0.3) is 0 Å². The van der Waals surface area contributed by atoms with Crippen molar-refractivity contribution >= 4 is 11.5 Å². The van der Waals surface area contributed by atoms with Gasteiger partial charge in [0, 0.05) is 19.3 Å². The summed E-state index contributed by atoms with van der Waals surface area (Å²) in [5.41, 5.74) is 6.44. The fraction of sp³-hybridized carbons (Fsp3) is 0.500. The molecule has 2 heterocycles. The molecule has 0 atom stereocenters. The molecule has 0 aliphatic carbocycles. The van der Waals surface area contributed by atoms with Crippen LogP contribution < -0.4 is 15.4 Å². The lowest BCUT2D eigenvalue weighted by Gasteiger charge is -2.29. The summed E-state index contributed by atoms with van der Waals surface area (Å²) in [5.74, 6) is 1.46. The third kappa shape index (κ3) is 1.97. The molecule has 82 valence electrons. The van der Waals surface area contributed by atoms with E-state index in [4.69, 9.17) is 15.2 Å². The highest BCUT2D eigenvalue weighted by atomic mass is 16.5. The molecule has 5 heteroatoms. The standard InChI is InChI=1S/C10H15N3O2/c1-14-9-8(11)2-3-12-10(9)13-4-6-15-7-5-13/h2-3H,4-7H2,1H3,(H2,11,12). The summed E-state index contributed by atoms with van der Waals surface area (Å²) in [7, 11) is 1.61. The zero-order chi connectivity index (χ0) is 10.7. The molecule has 2 N–H and O–H groups in total. The first kappa shape index (κ1) is 10.0. The van der Waals surface area contributed by atoms with Crippen LogP contribution in [0.3, 0.4) is 0 Å². The van der Waals surface area contributed by atoms with Gasteiger partial charge in [0.15, 0.2) is 11.6 Å². The highest BCUT2D eigenvalue weighted by Crippen LogP contribution is 2.31. The molecular weight excluding hydrogens is 194 g/mol. The lowest BCUT2D eigenvalue weighted by molar-refractivity contribution is 0.122. The Morgan fingerprint density at radius 2 is 2.20 bits per heavy atom. The van der Waals surface area contributed by atoms with E-state index in [1.54, 1.807) is 19.4 Å². The molecule has 0 spiro atoms. The van der Waals surface area contributed by atoms with Crippen molar-refractivity contribution in [3.05, 3.63) is 12.3 Å². The second-order valence-electron chi connectivity index (χ2n) is 3.36. The van der Waals surface area contributed by atoms with Gasteiger partial charge in [-0.15, -0.1) is 0 Å². The number of hydrogen-bond donors (Lipinski definition) is 1. The van der Waals surface area contributed by atoms with Crippen molar-refractivity contribution in [2.45, 2.75) is 0 Å². The minimum absolute atomic E-state index is 0.619. The Morgan fingerprint density at radius 3 is 2.87 bits per heavy atom. The summed E-state index contributed by atoms with van der Waals surface area (Å²) in [5, 5.41) is 0. The summed E-state index contributed by atoms with van der Waals surface area (Å²) in [6, 6.07) is 1.74. The van der Waals surface area contributed by atoms with Crippen LogP contribution in [-0.2, 0) is 4.74 Å². The van der Waals surface area contributed by atoms with Gasteiger partial charge in [-0.3, -0.25) is 0 Å². The number of hydrogen-bond acceptors (Lipinski definition) is 5. The van der Waals surface area contributed by atoms with Crippen molar-refractivity contribution in [1.82, 2.24) is 4.98 Å². The Kier molecular flexibility index (Phi) is 2.91. The number of aromatic nitrogens is 1. The number of nitrogens with two attached hydrogens (primary N) is 1. The van der Waals surface area contributed by atoms with Gasteiger partial charge in [0.05, 0.1) is 26.0 Å². The maximum Gasteiger partial charge on any atom is 0.184 e. The topological polar surface area (TPSA) is 60.6 Å². The summed E-state index contributed by atoms with van der Waals surface area (Å²) >= 11 is 0. The normalized spacial score (nSPS) is 16.5. The van der Waals surface area contributed by atoms with Gasteiger partial charge in [-0.2, -0.15) is 0 Å². The number of anilines is 2. The second-order valence-corrected chi connectivity index (χ2v) is 3.36. The van der Waals surface area contributed by atoms with E-state index in [1.165, 1.54) is 0 Å². The van der Waals surface area contributed by atoms with Crippen molar-refractivity contribution in [1.29, 1.82) is 0 Å². The monoisotopic (exact) mass is 209 g/mol. The fourth-order valence-corrected chi connectivity index (χ4v) is 1.66. The van der Waals surface area contributed by atoms with E-state index in [-0.39, 0.29) is 0 Å². The average Bonchev–Trinajstić information content (AvgIpc) is 2.30. The first-order valence-corrected chi connectivity index (χ1v) is 4.94. The molecule has 15 heavy (non-hydrogen) atoms. The molecule has 0 amide bonds. The number of rotatable bonds is 2. The third-order valence-corrected chi connectivity index (χ3v) is 2.43. The molecule has 1 aliphatic heterocycles. The Hall–Kier alpha value is -1.49. The third-order valence-electron chi connectivity index (χ3n) is 2.43. The van der Waals surface area contributed by atoms with Crippen molar-refractivity contribution in [3.8, 4) is 5.75 Å². The molecule has 0 unspecified atom stereocenters. The van der Waals surface area contributed by atoms with Crippen molar-refractivity contribution in [2.24, 2.45) is 0 Å². The number of nitrogens with zero attached hydrogens (tertiary/aromatic N) is 2. The van der Waals surface area contributed by atoms with Gasteiger partial charge in [-0.25, -0.2) is 4.98 Å². The number of nitrogen functional groups attached to an aromatic ring is 1. The van der Waals surface area contributed by atoms with Crippen LogP contribution >= 0.6 is 0 Å². The Labute approximate surface area is 88.8 Å². The highest BCUT2D eigenvalue weighted by Gasteiger charge is 2.17. The average molecular weight is 209 g/mol. The maximum atomic E-state index is 5.82. The van der Waals surface area contributed by atoms with Crippen molar-refractivity contribution in [3.63, 3.8) is 0 Å². The van der Waals surface area contributed by atoms with Crippen molar-refractivity contribution < 1.29 is 9.47 Å². The molecule has 0 aromatic carbocycles. The van der Waals surface area contributed by atoms with Crippen LogP contribution in [0.25, 0.3) is 0 Å². The van der Waals surface area contributed by atoms with E-state index >= 15 is 0 Å². The second kappa shape index (κ2) is 4.35. The molecule has 0 radical (unpaired) electrons. The summed E-state index contributed by atoms with van der Waals surface area (Å²) < 4.78 is 10.5. The predicted octanol–water partition coefficient (Wildman–Crippen LogP) is 0.509. The van der Waals surface area contributed by atoms with Gasteiger partial charge in [0.2, 0.25) is 0 Å². The molecule has 2 rings (SSSR count).